The predicted octanol–water partition coefficient (Wildman–Crippen LogP) is 2.75. The molecule has 0 unspecified atom stereocenters. The van der Waals surface area contributed by atoms with Crippen LogP contribution in [0, 0.1) is 6.92 Å². The highest BCUT2D eigenvalue weighted by atomic mass is 79.9. The van der Waals surface area contributed by atoms with Crippen molar-refractivity contribution in [3.05, 3.63) is 28.2 Å². The van der Waals surface area contributed by atoms with Gasteiger partial charge in [-0.25, -0.2) is 4.79 Å². The summed E-state index contributed by atoms with van der Waals surface area (Å²) in [6.07, 6.45) is 1.24. The second-order valence-corrected chi connectivity index (χ2v) is 5.49. The number of hydrogen-bond acceptors (Lipinski definition) is 2. The Balaban J connectivity index is 2.00. The van der Waals surface area contributed by atoms with Crippen LogP contribution >= 0.6 is 15.9 Å². The van der Waals surface area contributed by atoms with E-state index in [0.29, 0.717) is 13.1 Å². The minimum Gasteiger partial charge on any atom is -0.391 e. The van der Waals surface area contributed by atoms with E-state index in [9.17, 15) is 9.90 Å². The maximum absolute atomic E-state index is 12.0. The molecule has 1 aliphatic heterocycles. The molecule has 98 valence electrons. The lowest BCUT2D eigenvalue weighted by atomic mass is 10.1. The molecule has 18 heavy (non-hydrogen) atoms. The van der Waals surface area contributed by atoms with Gasteiger partial charge in [-0.3, -0.25) is 0 Å². The van der Waals surface area contributed by atoms with Gasteiger partial charge < -0.3 is 15.3 Å². The van der Waals surface area contributed by atoms with Crippen LogP contribution in [-0.2, 0) is 0 Å². The van der Waals surface area contributed by atoms with Crippen LogP contribution in [0.25, 0.3) is 0 Å². The van der Waals surface area contributed by atoms with Crippen LogP contribution in [0.2, 0.25) is 0 Å². The number of aliphatic hydroxyl groups excluding tert-OH is 1. The van der Waals surface area contributed by atoms with Crippen LogP contribution in [0.5, 0.6) is 0 Å². The Bertz CT molecular complexity index is 451. The first-order valence-electron chi connectivity index (χ1n) is 6.06. The second kappa shape index (κ2) is 5.71. The Hall–Kier alpha value is -1.07. The number of piperidine rings is 1. The van der Waals surface area contributed by atoms with Gasteiger partial charge in [0, 0.05) is 23.2 Å². The van der Waals surface area contributed by atoms with Crippen molar-refractivity contribution in [1.29, 1.82) is 0 Å². The van der Waals surface area contributed by atoms with Gasteiger partial charge in [0.25, 0.3) is 0 Å². The summed E-state index contributed by atoms with van der Waals surface area (Å²) in [6.45, 7) is 3.10. The van der Waals surface area contributed by atoms with Crippen molar-refractivity contribution in [2.75, 3.05) is 18.4 Å². The van der Waals surface area contributed by atoms with E-state index >= 15 is 0 Å². The lowest BCUT2D eigenvalue weighted by Gasteiger charge is -2.30. The molecule has 1 atom stereocenters. The summed E-state index contributed by atoms with van der Waals surface area (Å²) < 4.78 is 1.02. The number of likely N-dealkylation sites (tertiary alicyclic amines) is 1. The molecule has 2 N–H and O–H groups in total. The number of carbonyl (C=O) groups is 1. The topological polar surface area (TPSA) is 52.6 Å². The summed E-state index contributed by atoms with van der Waals surface area (Å²) in [7, 11) is 0. The molecular formula is C13H17BrN2O2. The molecule has 0 radical (unpaired) electrons. The molecule has 1 fully saturated rings. The first-order valence-corrected chi connectivity index (χ1v) is 6.85. The predicted molar refractivity (Wildman–Crippen MR) is 74.7 cm³/mol. The molecule has 1 aromatic carbocycles. The van der Waals surface area contributed by atoms with Crippen molar-refractivity contribution in [3.63, 3.8) is 0 Å². The maximum atomic E-state index is 12.0. The van der Waals surface area contributed by atoms with Gasteiger partial charge >= 0.3 is 6.03 Å². The SMILES string of the molecule is Cc1cc(NC(=O)N2CCC[C@H](O)C2)ccc1Br. The quantitative estimate of drug-likeness (QED) is 0.837. The summed E-state index contributed by atoms with van der Waals surface area (Å²) in [5.74, 6) is 0. The fourth-order valence-corrected chi connectivity index (χ4v) is 2.31. The number of β-amino-alcohol motifs (C(OH)–C–C–N with tert-alkyl or cyclic N) is 1. The highest BCUT2D eigenvalue weighted by Gasteiger charge is 2.21. The molecule has 4 nitrogen and oxygen atoms in total. The third kappa shape index (κ3) is 3.23. The van der Waals surface area contributed by atoms with Crippen molar-refractivity contribution >= 4 is 27.6 Å². The number of nitrogens with zero attached hydrogens (tertiary/aromatic N) is 1. The van der Waals surface area contributed by atoms with Crippen LogP contribution in [0.15, 0.2) is 22.7 Å². The minimum absolute atomic E-state index is 0.143. The first kappa shape index (κ1) is 13.4. The normalized spacial score (nSPS) is 19.7. The number of hydrogen-bond donors (Lipinski definition) is 2. The standard InChI is InChI=1S/C13H17BrN2O2/c1-9-7-10(4-5-12(9)14)15-13(18)16-6-2-3-11(17)8-16/h4-5,7,11,17H,2-3,6,8H2,1H3,(H,15,18)/t11-/m0/s1. The van der Waals surface area contributed by atoms with E-state index in [4.69, 9.17) is 0 Å². The number of nitrogens with one attached hydrogen (secondary N) is 1. The van der Waals surface area contributed by atoms with E-state index in [1.807, 2.05) is 25.1 Å². The van der Waals surface area contributed by atoms with E-state index in [2.05, 4.69) is 21.2 Å². The average Bonchev–Trinajstić information content (AvgIpc) is 2.34. The molecule has 5 heteroatoms. The smallest absolute Gasteiger partial charge is 0.321 e. The molecule has 1 saturated heterocycles. The highest BCUT2D eigenvalue weighted by molar-refractivity contribution is 9.10. The Morgan fingerprint density at radius 3 is 3.00 bits per heavy atom. The number of urea groups is 1. The number of anilines is 1. The molecule has 1 aliphatic rings. The third-order valence-electron chi connectivity index (χ3n) is 3.09. The number of aryl methyl sites for hydroxylation is 1. The zero-order chi connectivity index (χ0) is 13.1. The number of amides is 2. The van der Waals surface area contributed by atoms with E-state index in [0.717, 1.165) is 28.6 Å². The van der Waals surface area contributed by atoms with Crippen molar-refractivity contribution in [2.45, 2.75) is 25.9 Å². The second-order valence-electron chi connectivity index (χ2n) is 4.64. The fourth-order valence-electron chi connectivity index (χ4n) is 2.06. The number of halogens is 1. The van der Waals surface area contributed by atoms with Crippen molar-refractivity contribution in [1.82, 2.24) is 4.90 Å². The van der Waals surface area contributed by atoms with Crippen LogP contribution in [0.4, 0.5) is 10.5 Å². The largest absolute Gasteiger partial charge is 0.391 e. The number of rotatable bonds is 1. The molecule has 2 amide bonds. The van der Waals surface area contributed by atoms with Gasteiger partial charge in [0.15, 0.2) is 0 Å². The van der Waals surface area contributed by atoms with Gasteiger partial charge in [-0.15, -0.1) is 0 Å². The van der Waals surface area contributed by atoms with Crippen LogP contribution in [0.3, 0.4) is 0 Å². The number of benzene rings is 1. The molecule has 2 rings (SSSR count). The van der Waals surface area contributed by atoms with Crippen LogP contribution in [0.1, 0.15) is 18.4 Å². The highest BCUT2D eigenvalue weighted by Crippen LogP contribution is 2.20. The van der Waals surface area contributed by atoms with Gasteiger partial charge in [-0.1, -0.05) is 15.9 Å². The Morgan fingerprint density at radius 1 is 1.56 bits per heavy atom. The molecular weight excluding hydrogens is 296 g/mol. The summed E-state index contributed by atoms with van der Waals surface area (Å²) in [4.78, 5) is 13.7. The van der Waals surface area contributed by atoms with Gasteiger partial charge in [0.2, 0.25) is 0 Å². The summed E-state index contributed by atoms with van der Waals surface area (Å²) in [6, 6.07) is 5.55. The fraction of sp³-hybridized carbons (Fsp3) is 0.462. The number of carbonyl (C=O) groups excluding carboxylic acids is 1. The Kier molecular flexibility index (Phi) is 4.24. The van der Waals surface area contributed by atoms with E-state index in [1.165, 1.54) is 0 Å². The molecule has 1 aromatic rings. The average molecular weight is 313 g/mol. The van der Waals surface area contributed by atoms with E-state index < -0.39 is 6.10 Å². The Morgan fingerprint density at radius 2 is 2.33 bits per heavy atom. The van der Waals surface area contributed by atoms with Crippen molar-refractivity contribution in [2.24, 2.45) is 0 Å². The number of aliphatic hydroxyl groups is 1. The monoisotopic (exact) mass is 312 g/mol. The summed E-state index contributed by atoms with van der Waals surface area (Å²) in [5, 5.41) is 12.4. The molecule has 0 aromatic heterocycles. The van der Waals surface area contributed by atoms with Crippen LogP contribution in [-0.4, -0.2) is 35.2 Å². The van der Waals surface area contributed by atoms with Crippen molar-refractivity contribution < 1.29 is 9.90 Å². The molecule has 0 saturated carbocycles. The zero-order valence-corrected chi connectivity index (χ0v) is 11.9. The van der Waals surface area contributed by atoms with Gasteiger partial charge in [0.05, 0.1) is 6.10 Å². The lowest BCUT2D eigenvalue weighted by molar-refractivity contribution is 0.0883. The van der Waals surface area contributed by atoms with E-state index in [-0.39, 0.29) is 6.03 Å². The molecule has 0 spiro atoms. The van der Waals surface area contributed by atoms with Crippen molar-refractivity contribution in [3.8, 4) is 0 Å². The zero-order valence-electron chi connectivity index (χ0n) is 10.3. The molecule has 0 bridgehead atoms. The Labute approximate surface area is 115 Å². The van der Waals surface area contributed by atoms with Gasteiger partial charge in [0.1, 0.15) is 0 Å². The first-order chi connectivity index (χ1) is 8.56. The third-order valence-corrected chi connectivity index (χ3v) is 3.98. The van der Waals surface area contributed by atoms with Crippen LogP contribution < -0.4 is 5.32 Å². The lowest BCUT2D eigenvalue weighted by Crippen LogP contribution is -2.44. The summed E-state index contributed by atoms with van der Waals surface area (Å²) >= 11 is 3.42. The maximum Gasteiger partial charge on any atom is 0.321 e. The van der Waals surface area contributed by atoms with E-state index in [1.54, 1.807) is 4.90 Å². The summed E-state index contributed by atoms with van der Waals surface area (Å²) in [5.41, 5.74) is 1.85. The minimum atomic E-state index is -0.392. The molecule has 0 aliphatic carbocycles. The van der Waals surface area contributed by atoms with Gasteiger partial charge in [-0.05, 0) is 43.5 Å². The molecule has 1 heterocycles. The van der Waals surface area contributed by atoms with Gasteiger partial charge in [-0.2, -0.15) is 0 Å².